The third kappa shape index (κ3) is 5.96. The normalized spacial score (nSPS) is 14.1. The van der Waals surface area contributed by atoms with Crippen molar-refractivity contribution in [1.29, 1.82) is 0 Å². The van der Waals surface area contributed by atoms with Gasteiger partial charge in [-0.25, -0.2) is 0 Å². The standard InChI is InChI=1S/C15H22O3/c1-3-15(17-2)11-14(16)9-10-18-12-13-7-5-4-6-8-13/h3-8,14-16H,1,9-12H2,2H3/t14-,15+/m1/s1. The van der Waals surface area contributed by atoms with Gasteiger partial charge in [0, 0.05) is 20.1 Å². The lowest BCUT2D eigenvalue weighted by atomic mass is 10.1. The van der Waals surface area contributed by atoms with E-state index in [9.17, 15) is 5.11 Å². The fraction of sp³-hybridized carbons (Fsp3) is 0.467. The van der Waals surface area contributed by atoms with Gasteiger partial charge in [0.05, 0.1) is 18.8 Å². The molecule has 3 heteroatoms. The number of benzene rings is 1. The highest BCUT2D eigenvalue weighted by Gasteiger charge is 2.10. The molecule has 0 saturated heterocycles. The van der Waals surface area contributed by atoms with Gasteiger partial charge in [0.15, 0.2) is 0 Å². The fourth-order valence-electron chi connectivity index (χ4n) is 1.66. The molecule has 0 amide bonds. The lowest BCUT2D eigenvalue weighted by Gasteiger charge is -2.15. The molecule has 0 spiro atoms. The minimum atomic E-state index is -0.413. The number of rotatable bonds is 9. The topological polar surface area (TPSA) is 38.7 Å². The van der Waals surface area contributed by atoms with Gasteiger partial charge in [0.25, 0.3) is 0 Å². The molecule has 1 aromatic carbocycles. The Labute approximate surface area is 109 Å². The summed E-state index contributed by atoms with van der Waals surface area (Å²) in [6, 6.07) is 10.00. The van der Waals surface area contributed by atoms with Crippen LogP contribution >= 0.6 is 0 Å². The molecule has 0 radical (unpaired) electrons. The fourth-order valence-corrected chi connectivity index (χ4v) is 1.66. The van der Waals surface area contributed by atoms with Gasteiger partial charge in [-0.05, 0) is 12.0 Å². The van der Waals surface area contributed by atoms with E-state index in [0.717, 1.165) is 5.56 Å². The molecule has 1 N–H and O–H groups in total. The first kappa shape index (κ1) is 14.9. The Hall–Kier alpha value is -1.16. The molecule has 0 unspecified atom stereocenters. The van der Waals surface area contributed by atoms with Crippen molar-refractivity contribution in [1.82, 2.24) is 0 Å². The van der Waals surface area contributed by atoms with Crippen molar-refractivity contribution in [2.75, 3.05) is 13.7 Å². The monoisotopic (exact) mass is 250 g/mol. The molecular weight excluding hydrogens is 228 g/mol. The zero-order chi connectivity index (χ0) is 13.2. The predicted molar refractivity (Wildman–Crippen MR) is 72.3 cm³/mol. The Bertz CT molecular complexity index is 324. The first-order valence-corrected chi connectivity index (χ1v) is 6.21. The second-order valence-electron chi connectivity index (χ2n) is 4.23. The van der Waals surface area contributed by atoms with E-state index in [1.165, 1.54) is 0 Å². The van der Waals surface area contributed by atoms with Crippen LogP contribution in [-0.2, 0) is 16.1 Å². The van der Waals surface area contributed by atoms with Crippen LogP contribution in [0, 0.1) is 0 Å². The molecule has 0 fully saturated rings. The van der Waals surface area contributed by atoms with E-state index in [-0.39, 0.29) is 6.10 Å². The summed E-state index contributed by atoms with van der Waals surface area (Å²) >= 11 is 0. The third-order valence-corrected chi connectivity index (χ3v) is 2.78. The van der Waals surface area contributed by atoms with E-state index in [1.807, 2.05) is 30.3 Å². The van der Waals surface area contributed by atoms with Crippen LogP contribution in [0.15, 0.2) is 43.0 Å². The molecule has 1 aromatic rings. The average molecular weight is 250 g/mol. The van der Waals surface area contributed by atoms with Crippen LogP contribution in [0.5, 0.6) is 0 Å². The first-order chi connectivity index (χ1) is 8.76. The summed E-state index contributed by atoms with van der Waals surface area (Å²) in [4.78, 5) is 0. The van der Waals surface area contributed by atoms with Crippen molar-refractivity contribution in [3.05, 3.63) is 48.6 Å². The van der Waals surface area contributed by atoms with Crippen LogP contribution in [-0.4, -0.2) is 31.0 Å². The van der Waals surface area contributed by atoms with Crippen LogP contribution in [0.4, 0.5) is 0 Å². The van der Waals surface area contributed by atoms with E-state index in [4.69, 9.17) is 9.47 Å². The van der Waals surface area contributed by atoms with Crippen LogP contribution in [0.1, 0.15) is 18.4 Å². The second-order valence-corrected chi connectivity index (χ2v) is 4.23. The molecule has 0 aliphatic rings. The van der Waals surface area contributed by atoms with Crippen LogP contribution in [0.3, 0.4) is 0 Å². The number of aliphatic hydroxyl groups is 1. The lowest BCUT2D eigenvalue weighted by Crippen LogP contribution is -2.19. The van der Waals surface area contributed by atoms with Crippen LogP contribution in [0.25, 0.3) is 0 Å². The smallest absolute Gasteiger partial charge is 0.0774 e. The largest absolute Gasteiger partial charge is 0.393 e. The van der Waals surface area contributed by atoms with Crippen molar-refractivity contribution in [2.45, 2.75) is 31.7 Å². The van der Waals surface area contributed by atoms with Gasteiger partial charge < -0.3 is 14.6 Å². The summed E-state index contributed by atoms with van der Waals surface area (Å²) in [6.45, 7) is 4.78. The second kappa shape index (κ2) is 8.86. The molecule has 18 heavy (non-hydrogen) atoms. The van der Waals surface area contributed by atoms with Crippen molar-refractivity contribution in [2.24, 2.45) is 0 Å². The van der Waals surface area contributed by atoms with Gasteiger partial charge in [-0.15, -0.1) is 6.58 Å². The molecule has 0 saturated carbocycles. The zero-order valence-electron chi connectivity index (χ0n) is 10.9. The van der Waals surface area contributed by atoms with Gasteiger partial charge in [0.2, 0.25) is 0 Å². The van der Waals surface area contributed by atoms with Crippen molar-refractivity contribution in [3.8, 4) is 0 Å². The van der Waals surface area contributed by atoms with Crippen LogP contribution < -0.4 is 0 Å². The Morgan fingerprint density at radius 3 is 2.67 bits per heavy atom. The van der Waals surface area contributed by atoms with E-state index in [1.54, 1.807) is 13.2 Å². The molecular formula is C15H22O3. The molecule has 0 bridgehead atoms. The Morgan fingerprint density at radius 1 is 1.33 bits per heavy atom. The number of hydrogen-bond donors (Lipinski definition) is 1. The molecule has 0 aromatic heterocycles. The summed E-state index contributed by atoms with van der Waals surface area (Å²) in [6.07, 6.45) is 2.38. The SMILES string of the molecule is C=C[C@@H](C[C@H](O)CCOCc1ccccc1)OC. The number of hydrogen-bond acceptors (Lipinski definition) is 3. The van der Waals surface area contributed by atoms with E-state index >= 15 is 0 Å². The zero-order valence-corrected chi connectivity index (χ0v) is 10.9. The summed E-state index contributed by atoms with van der Waals surface area (Å²) in [5, 5.41) is 9.77. The predicted octanol–water partition coefficient (Wildman–Crippen LogP) is 2.55. The van der Waals surface area contributed by atoms with E-state index < -0.39 is 6.10 Å². The molecule has 2 atom stereocenters. The number of methoxy groups -OCH3 is 1. The Kier molecular flexibility index (Phi) is 7.34. The summed E-state index contributed by atoms with van der Waals surface area (Å²) in [5.74, 6) is 0. The van der Waals surface area contributed by atoms with Gasteiger partial charge in [-0.1, -0.05) is 36.4 Å². The maximum atomic E-state index is 9.77. The highest BCUT2D eigenvalue weighted by molar-refractivity contribution is 5.13. The molecule has 0 aliphatic carbocycles. The minimum Gasteiger partial charge on any atom is -0.393 e. The summed E-state index contributed by atoms with van der Waals surface area (Å²) in [5.41, 5.74) is 1.15. The van der Waals surface area contributed by atoms with E-state index in [2.05, 4.69) is 6.58 Å². The Morgan fingerprint density at radius 2 is 2.06 bits per heavy atom. The molecule has 0 aliphatic heterocycles. The van der Waals surface area contributed by atoms with Gasteiger partial charge in [-0.2, -0.15) is 0 Å². The average Bonchev–Trinajstić information content (AvgIpc) is 2.42. The molecule has 100 valence electrons. The quantitative estimate of drug-likeness (QED) is 0.540. The van der Waals surface area contributed by atoms with Crippen molar-refractivity contribution < 1.29 is 14.6 Å². The molecule has 0 heterocycles. The van der Waals surface area contributed by atoms with Crippen molar-refractivity contribution in [3.63, 3.8) is 0 Å². The van der Waals surface area contributed by atoms with Gasteiger partial charge >= 0.3 is 0 Å². The number of aliphatic hydroxyl groups excluding tert-OH is 1. The highest BCUT2D eigenvalue weighted by atomic mass is 16.5. The third-order valence-electron chi connectivity index (χ3n) is 2.78. The first-order valence-electron chi connectivity index (χ1n) is 6.21. The maximum absolute atomic E-state index is 9.77. The van der Waals surface area contributed by atoms with Crippen LogP contribution in [0.2, 0.25) is 0 Å². The minimum absolute atomic E-state index is 0.0888. The summed E-state index contributed by atoms with van der Waals surface area (Å²) < 4.78 is 10.6. The van der Waals surface area contributed by atoms with E-state index in [0.29, 0.717) is 26.1 Å². The molecule has 1 rings (SSSR count). The molecule has 3 nitrogen and oxygen atoms in total. The number of ether oxygens (including phenoxy) is 2. The Balaban J connectivity index is 2.12. The van der Waals surface area contributed by atoms with Gasteiger partial charge in [-0.3, -0.25) is 0 Å². The maximum Gasteiger partial charge on any atom is 0.0774 e. The van der Waals surface area contributed by atoms with Gasteiger partial charge in [0.1, 0.15) is 0 Å². The summed E-state index contributed by atoms with van der Waals surface area (Å²) in [7, 11) is 1.62. The van der Waals surface area contributed by atoms with Crippen molar-refractivity contribution >= 4 is 0 Å². The lowest BCUT2D eigenvalue weighted by molar-refractivity contribution is 0.0392. The highest BCUT2D eigenvalue weighted by Crippen LogP contribution is 2.07.